The monoisotopic (exact) mass is 434 g/mol. The molecule has 0 saturated carbocycles. The molecule has 0 radical (unpaired) electrons. The van der Waals surface area contributed by atoms with Gasteiger partial charge in [0.05, 0.1) is 17.7 Å². The van der Waals surface area contributed by atoms with Crippen LogP contribution in [0.5, 0.6) is 0 Å². The number of piperidine rings is 1. The third-order valence-electron chi connectivity index (χ3n) is 6.10. The lowest BCUT2D eigenvalue weighted by atomic mass is 9.93. The Morgan fingerprint density at radius 2 is 1.87 bits per heavy atom. The second-order valence-corrected chi connectivity index (χ2v) is 8.29. The Kier molecular flexibility index (Phi) is 5.77. The maximum Gasteiger partial charge on any atom is 0.416 e. The molecule has 0 unspecified atom stereocenters. The summed E-state index contributed by atoms with van der Waals surface area (Å²) in [6.45, 7) is 2.47. The van der Waals surface area contributed by atoms with Gasteiger partial charge < -0.3 is 9.80 Å². The van der Waals surface area contributed by atoms with Gasteiger partial charge >= 0.3 is 6.18 Å². The topological polar surface area (TPSA) is 58.4 Å². The van der Waals surface area contributed by atoms with Crippen molar-refractivity contribution in [2.45, 2.75) is 44.3 Å². The fourth-order valence-electron chi connectivity index (χ4n) is 4.30. The zero-order valence-corrected chi connectivity index (χ0v) is 17.4. The minimum Gasteiger partial charge on any atom is -0.342 e. The third-order valence-corrected chi connectivity index (χ3v) is 6.10. The molecule has 0 spiro atoms. The number of aryl methyl sites for hydroxylation is 1. The zero-order chi connectivity index (χ0) is 22.2. The van der Waals surface area contributed by atoms with Gasteiger partial charge in [0.15, 0.2) is 0 Å². The number of carbonyl (C=O) groups is 2. The molecule has 4 rings (SSSR count). The van der Waals surface area contributed by atoms with Gasteiger partial charge in [0.1, 0.15) is 5.69 Å². The van der Waals surface area contributed by atoms with Gasteiger partial charge in [-0.05, 0) is 37.0 Å². The number of fused-ring (bicyclic) bond motifs is 1. The highest BCUT2D eigenvalue weighted by Gasteiger charge is 2.31. The van der Waals surface area contributed by atoms with Gasteiger partial charge in [-0.15, -0.1) is 0 Å². The van der Waals surface area contributed by atoms with E-state index in [1.807, 2.05) is 6.07 Å². The van der Waals surface area contributed by atoms with E-state index in [2.05, 4.69) is 5.10 Å². The molecule has 0 aliphatic carbocycles. The molecular formula is C22H25F3N4O2. The summed E-state index contributed by atoms with van der Waals surface area (Å²) < 4.78 is 40.5. The zero-order valence-electron chi connectivity index (χ0n) is 17.4. The number of halogens is 3. The van der Waals surface area contributed by atoms with E-state index in [9.17, 15) is 22.8 Å². The van der Waals surface area contributed by atoms with Crippen LogP contribution in [0.3, 0.4) is 0 Å². The summed E-state index contributed by atoms with van der Waals surface area (Å²) in [5.74, 6) is -0.0321. The SMILES string of the molecule is CN1CCCn2nc(C3CCN(C(=O)Cc4cccc(C(F)(F)F)c4)CC3)cc2C1=O. The van der Waals surface area contributed by atoms with Crippen LogP contribution in [0.1, 0.15) is 52.5 Å². The van der Waals surface area contributed by atoms with E-state index in [4.69, 9.17) is 0 Å². The van der Waals surface area contributed by atoms with E-state index in [1.165, 1.54) is 6.07 Å². The Morgan fingerprint density at radius 3 is 2.58 bits per heavy atom. The van der Waals surface area contributed by atoms with Gasteiger partial charge in [0.2, 0.25) is 5.91 Å². The largest absolute Gasteiger partial charge is 0.416 e. The van der Waals surface area contributed by atoms with Crippen molar-refractivity contribution in [1.29, 1.82) is 0 Å². The first-order valence-electron chi connectivity index (χ1n) is 10.5. The third kappa shape index (κ3) is 4.60. The molecule has 1 aromatic carbocycles. The van der Waals surface area contributed by atoms with Crippen molar-refractivity contribution in [3.63, 3.8) is 0 Å². The summed E-state index contributed by atoms with van der Waals surface area (Å²) in [5, 5.41) is 4.65. The molecule has 1 aromatic heterocycles. The van der Waals surface area contributed by atoms with Gasteiger partial charge in [-0.2, -0.15) is 18.3 Å². The number of hydrogen-bond acceptors (Lipinski definition) is 3. The van der Waals surface area contributed by atoms with Gasteiger partial charge in [0.25, 0.3) is 5.91 Å². The first kappa shape index (κ1) is 21.4. The number of amides is 2. The molecule has 166 valence electrons. The molecule has 2 amide bonds. The first-order chi connectivity index (χ1) is 14.7. The fraction of sp³-hybridized carbons (Fsp3) is 0.500. The highest BCUT2D eigenvalue weighted by molar-refractivity contribution is 5.92. The molecular weight excluding hydrogens is 409 g/mol. The highest BCUT2D eigenvalue weighted by Crippen LogP contribution is 2.31. The molecule has 2 aromatic rings. The average molecular weight is 434 g/mol. The van der Waals surface area contributed by atoms with Crippen LogP contribution in [0.25, 0.3) is 0 Å². The molecule has 0 N–H and O–H groups in total. The van der Waals surface area contributed by atoms with E-state index < -0.39 is 11.7 Å². The van der Waals surface area contributed by atoms with Crippen molar-refractivity contribution in [2.24, 2.45) is 0 Å². The second-order valence-electron chi connectivity index (χ2n) is 8.29. The molecule has 1 fully saturated rings. The quantitative estimate of drug-likeness (QED) is 0.745. The Bertz CT molecular complexity index is 977. The number of likely N-dealkylation sites (tertiary alicyclic amines) is 1. The van der Waals surface area contributed by atoms with Crippen LogP contribution in [-0.2, 0) is 23.9 Å². The predicted molar refractivity (Wildman–Crippen MR) is 108 cm³/mol. The van der Waals surface area contributed by atoms with Crippen molar-refractivity contribution in [2.75, 3.05) is 26.7 Å². The van der Waals surface area contributed by atoms with Crippen LogP contribution >= 0.6 is 0 Å². The van der Waals surface area contributed by atoms with Crippen molar-refractivity contribution in [1.82, 2.24) is 19.6 Å². The van der Waals surface area contributed by atoms with Crippen molar-refractivity contribution < 1.29 is 22.8 Å². The Morgan fingerprint density at radius 1 is 1.13 bits per heavy atom. The number of hydrogen-bond donors (Lipinski definition) is 0. The minimum atomic E-state index is -4.42. The molecule has 1 saturated heterocycles. The smallest absolute Gasteiger partial charge is 0.342 e. The number of aromatic nitrogens is 2. The summed E-state index contributed by atoms with van der Waals surface area (Å²) in [6.07, 6.45) is -2.17. The van der Waals surface area contributed by atoms with Crippen molar-refractivity contribution in [3.05, 3.63) is 52.8 Å². The normalized spacial score (nSPS) is 18.1. The van der Waals surface area contributed by atoms with Crippen LogP contribution in [-0.4, -0.2) is 58.1 Å². The van der Waals surface area contributed by atoms with E-state index in [0.717, 1.165) is 37.1 Å². The van der Waals surface area contributed by atoms with Crippen LogP contribution in [0.15, 0.2) is 30.3 Å². The number of nitrogens with zero attached hydrogens (tertiary/aromatic N) is 4. The van der Waals surface area contributed by atoms with Crippen LogP contribution in [0.2, 0.25) is 0 Å². The number of carbonyl (C=O) groups excluding carboxylic acids is 2. The van der Waals surface area contributed by atoms with E-state index in [0.29, 0.717) is 37.4 Å². The van der Waals surface area contributed by atoms with Gasteiger partial charge in [-0.25, -0.2) is 0 Å². The molecule has 3 heterocycles. The molecule has 2 aliphatic rings. The predicted octanol–water partition coefficient (Wildman–Crippen LogP) is 3.33. The minimum absolute atomic E-state index is 0.0232. The second kappa shape index (κ2) is 8.36. The van der Waals surface area contributed by atoms with Gasteiger partial charge in [-0.1, -0.05) is 18.2 Å². The molecule has 0 bridgehead atoms. The number of benzene rings is 1. The number of alkyl halides is 3. The van der Waals surface area contributed by atoms with Crippen LogP contribution < -0.4 is 0 Å². The Balaban J connectivity index is 1.37. The van der Waals surface area contributed by atoms with E-state index in [-0.39, 0.29) is 24.2 Å². The molecule has 6 nitrogen and oxygen atoms in total. The van der Waals surface area contributed by atoms with Gasteiger partial charge in [0, 0.05) is 39.1 Å². The summed E-state index contributed by atoms with van der Waals surface area (Å²) >= 11 is 0. The standard InChI is InChI=1S/C22H25F3N4O2/c1-27-8-3-9-29-19(21(27)31)14-18(26-29)16-6-10-28(11-7-16)20(30)13-15-4-2-5-17(12-15)22(23,24)25/h2,4-5,12,14,16H,3,6-11,13H2,1H3. The Labute approximate surface area is 178 Å². The lowest BCUT2D eigenvalue weighted by molar-refractivity contribution is -0.138. The van der Waals surface area contributed by atoms with Crippen molar-refractivity contribution >= 4 is 11.8 Å². The molecule has 2 aliphatic heterocycles. The summed E-state index contributed by atoms with van der Waals surface area (Å²) in [5.41, 5.74) is 1.11. The fourth-order valence-corrected chi connectivity index (χ4v) is 4.30. The summed E-state index contributed by atoms with van der Waals surface area (Å²) in [7, 11) is 1.79. The first-order valence-corrected chi connectivity index (χ1v) is 10.5. The van der Waals surface area contributed by atoms with Crippen LogP contribution in [0, 0.1) is 0 Å². The highest BCUT2D eigenvalue weighted by atomic mass is 19.4. The van der Waals surface area contributed by atoms with E-state index >= 15 is 0 Å². The lowest BCUT2D eigenvalue weighted by Crippen LogP contribution is -2.38. The summed E-state index contributed by atoms with van der Waals surface area (Å²) in [4.78, 5) is 28.5. The van der Waals surface area contributed by atoms with Crippen LogP contribution in [0.4, 0.5) is 13.2 Å². The molecule has 9 heteroatoms. The van der Waals surface area contributed by atoms with Gasteiger partial charge in [-0.3, -0.25) is 14.3 Å². The number of rotatable bonds is 3. The maximum atomic E-state index is 12.9. The lowest BCUT2D eigenvalue weighted by Gasteiger charge is -2.31. The Hall–Kier alpha value is -2.84. The maximum absolute atomic E-state index is 12.9. The average Bonchev–Trinajstić information content (AvgIpc) is 3.11. The summed E-state index contributed by atoms with van der Waals surface area (Å²) in [6, 6.07) is 6.80. The molecule has 0 atom stereocenters. The van der Waals surface area contributed by atoms with E-state index in [1.54, 1.807) is 27.6 Å². The molecule has 31 heavy (non-hydrogen) atoms. The van der Waals surface area contributed by atoms with Crippen molar-refractivity contribution in [3.8, 4) is 0 Å².